The highest BCUT2D eigenvalue weighted by Crippen LogP contribution is 2.28. The van der Waals surface area contributed by atoms with Gasteiger partial charge >= 0.3 is 0 Å². The summed E-state index contributed by atoms with van der Waals surface area (Å²) in [6, 6.07) is 11.6. The van der Waals surface area contributed by atoms with Gasteiger partial charge in [-0.25, -0.2) is 4.39 Å². The van der Waals surface area contributed by atoms with Gasteiger partial charge in [-0.2, -0.15) is 0 Å². The fraction of sp³-hybridized carbons (Fsp3) is 0.200. The molecule has 0 aromatic heterocycles. The van der Waals surface area contributed by atoms with Crippen LogP contribution in [0.2, 0.25) is 5.02 Å². The highest BCUT2D eigenvalue weighted by Gasteiger charge is 2.29. The summed E-state index contributed by atoms with van der Waals surface area (Å²) in [5.74, 6) is -0.0397. The Kier molecular flexibility index (Phi) is 6.08. The maximum absolute atomic E-state index is 13.7. The lowest BCUT2D eigenvalue weighted by Crippen LogP contribution is -2.31. The third kappa shape index (κ3) is 4.46. The average Bonchev–Trinajstić information content (AvgIpc) is 2.90. The minimum atomic E-state index is -0.326. The van der Waals surface area contributed by atoms with Crippen molar-refractivity contribution in [3.63, 3.8) is 0 Å². The number of carbonyl (C=O) groups excluding carboxylic acids is 1. The zero-order chi connectivity index (χ0) is 19.4. The molecule has 2 aromatic carbocycles. The van der Waals surface area contributed by atoms with Gasteiger partial charge in [0.05, 0.1) is 5.02 Å². The molecule has 0 unspecified atom stereocenters. The molecular weight excluding hydrogens is 387 g/mol. The molecule has 1 aliphatic heterocycles. The van der Waals surface area contributed by atoms with Gasteiger partial charge < -0.3 is 10.1 Å². The Morgan fingerprint density at radius 2 is 2.07 bits per heavy atom. The summed E-state index contributed by atoms with van der Waals surface area (Å²) in [6.45, 7) is 2.64. The molecule has 4 nitrogen and oxygen atoms in total. The Bertz CT molecular complexity index is 917. The van der Waals surface area contributed by atoms with Crippen LogP contribution in [0.25, 0.3) is 6.08 Å². The number of rotatable bonds is 6. The third-order valence-electron chi connectivity index (χ3n) is 4.02. The zero-order valence-electron chi connectivity index (χ0n) is 14.7. The van der Waals surface area contributed by atoms with Crippen LogP contribution in [0.3, 0.4) is 0 Å². The van der Waals surface area contributed by atoms with Crippen LogP contribution in [-0.4, -0.2) is 22.5 Å². The van der Waals surface area contributed by atoms with E-state index in [2.05, 4.69) is 5.32 Å². The Morgan fingerprint density at radius 1 is 1.30 bits per heavy atom. The summed E-state index contributed by atoms with van der Waals surface area (Å²) >= 11 is 11.5. The topological polar surface area (TPSA) is 41.6 Å². The summed E-state index contributed by atoms with van der Waals surface area (Å²) in [7, 11) is 0. The van der Waals surface area contributed by atoms with Crippen molar-refractivity contribution in [2.75, 3.05) is 6.54 Å². The van der Waals surface area contributed by atoms with Gasteiger partial charge in [-0.15, -0.1) is 0 Å². The fourth-order valence-electron chi connectivity index (χ4n) is 2.66. The molecule has 2 aromatic rings. The largest absolute Gasteiger partial charge is 0.487 e. The quantitative estimate of drug-likeness (QED) is 0.567. The van der Waals surface area contributed by atoms with Crippen molar-refractivity contribution in [1.82, 2.24) is 10.2 Å². The third-order valence-corrected chi connectivity index (χ3v) is 4.64. The van der Waals surface area contributed by atoms with Gasteiger partial charge in [-0.3, -0.25) is 9.69 Å². The second-order valence-corrected chi connectivity index (χ2v) is 6.81. The second kappa shape index (κ2) is 8.50. The fourth-order valence-corrected chi connectivity index (χ4v) is 3.19. The summed E-state index contributed by atoms with van der Waals surface area (Å²) < 4.78 is 19.3. The molecule has 1 heterocycles. The normalized spacial score (nSPS) is 15.4. The Hall–Kier alpha value is -2.44. The smallest absolute Gasteiger partial charge is 0.276 e. The van der Waals surface area contributed by atoms with E-state index in [0.29, 0.717) is 33.7 Å². The highest BCUT2D eigenvalue weighted by atomic mass is 35.5. The maximum Gasteiger partial charge on any atom is 0.276 e. The second-order valence-electron chi connectivity index (χ2n) is 6.01. The molecule has 27 heavy (non-hydrogen) atoms. The molecule has 0 aliphatic carbocycles. The molecular formula is C20H18ClFN2O2S. The minimum Gasteiger partial charge on any atom is -0.487 e. The first-order valence-corrected chi connectivity index (χ1v) is 9.28. The van der Waals surface area contributed by atoms with Crippen LogP contribution in [0, 0.1) is 5.82 Å². The van der Waals surface area contributed by atoms with Gasteiger partial charge in [-0.1, -0.05) is 42.8 Å². The van der Waals surface area contributed by atoms with Crippen molar-refractivity contribution in [3.8, 4) is 5.75 Å². The molecule has 3 rings (SSSR count). The van der Waals surface area contributed by atoms with E-state index >= 15 is 0 Å². The number of thiocarbonyl (C=S) groups is 1. The van der Waals surface area contributed by atoms with Crippen LogP contribution in [0.5, 0.6) is 5.75 Å². The minimum absolute atomic E-state index is 0.0765. The van der Waals surface area contributed by atoms with E-state index in [1.54, 1.807) is 42.5 Å². The zero-order valence-corrected chi connectivity index (χ0v) is 16.2. The first-order valence-electron chi connectivity index (χ1n) is 8.50. The van der Waals surface area contributed by atoms with Crippen LogP contribution in [0.4, 0.5) is 4.39 Å². The first-order chi connectivity index (χ1) is 13.0. The molecule has 1 aliphatic rings. The van der Waals surface area contributed by atoms with Crippen LogP contribution in [-0.2, 0) is 11.4 Å². The number of amides is 1. The van der Waals surface area contributed by atoms with Gasteiger partial charge in [0.1, 0.15) is 23.9 Å². The Balaban J connectivity index is 1.72. The molecule has 1 saturated heterocycles. The molecule has 0 atom stereocenters. The van der Waals surface area contributed by atoms with Gasteiger partial charge in [0, 0.05) is 12.1 Å². The number of nitrogens with zero attached hydrogens (tertiary/aromatic N) is 1. The van der Waals surface area contributed by atoms with E-state index in [1.165, 1.54) is 11.0 Å². The number of hydrogen-bond acceptors (Lipinski definition) is 3. The van der Waals surface area contributed by atoms with E-state index in [1.807, 2.05) is 6.92 Å². The van der Waals surface area contributed by atoms with Crippen LogP contribution in [0.15, 0.2) is 48.2 Å². The maximum atomic E-state index is 13.7. The molecule has 1 amide bonds. The number of ether oxygens (including phenoxy) is 1. The van der Waals surface area contributed by atoms with Crippen molar-refractivity contribution in [2.45, 2.75) is 20.0 Å². The number of benzene rings is 2. The number of hydrogen-bond donors (Lipinski definition) is 1. The monoisotopic (exact) mass is 404 g/mol. The summed E-state index contributed by atoms with van der Waals surface area (Å²) in [6.07, 6.45) is 2.51. The Morgan fingerprint density at radius 3 is 2.78 bits per heavy atom. The summed E-state index contributed by atoms with van der Waals surface area (Å²) in [5.41, 5.74) is 1.59. The molecule has 0 radical (unpaired) electrons. The highest BCUT2D eigenvalue weighted by molar-refractivity contribution is 7.80. The molecule has 1 N–H and O–H groups in total. The van der Waals surface area contributed by atoms with E-state index in [9.17, 15) is 9.18 Å². The number of halogens is 2. The summed E-state index contributed by atoms with van der Waals surface area (Å²) in [5, 5.41) is 3.71. The predicted octanol–water partition coefficient (Wildman–Crippen LogP) is 4.53. The lowest BCUT2D eigenvalue weighted by molar-refractivity contribution is -0.122. The number of carbonyl (C=O) groups is 1. The van der Waals surface area contributed by atoms with E-state index in [0.717, 1.165) is 12.0 Å². The SMILES string of the molecule is CCCN1C(=O)/C(=C/c2ccc(OCc3ccccc3F)c(Cl)c2)NC1=S. The molecule has 140 valence electrons. The molecule has 0 spiro atoms. The average molecular weight is 405 g/mol. The van der Waals surface area contributed by atoms with E-state index in [-0.39, 0.29) is 18.3 Å². The van der Waals surface area contributed by atoms with E-state index < -0.39 is 0 Å². The molecule has 0 saturated carbocycles. The molecule has 7 heteroatoms. The van der Waals surface area contributed by atoms with Gasteiger partial charge in [-0.05, 0) is 48.5 Å². The summed E-state index contributed by atoms with van der Waals surface area (Å²) in [4.78, 5) is 13.9. The molecule has 0 bridgehead atoms. The van der Waals surface area contributed by atoms with E-state index in [4.69, 9.17) is 28.6 Å². The first kappa shape index (κ1) is 19.3. The van der Waals surface area contributed by atoms with Crippen LogP contribution in [0.1, 0.15) is 24.5 Å². The van der Waals surface area contributed by atoms with Crippen molar-refractivity contribution < 1.29 is 13.9 Å². The predicted molar refractivity (Wildman–Crippen MR) is 108 cm³/mol. The lowest BCUT2D eigenvalue weighted by atomic mass is 10.1. The van der Waals surface area contributed by atoms with Crippen molar-refractivity contribution in [2.24, 2.45) is 0 Å². The molecule has 1 fully saturated rings. The number of nitrogens with one attached hydrogen (secondary N) is 1. The lowest BCUT2D eigenvalue weighted by Gasteiger charge is -2.11. The van der Waals surface area contributed by atoms with Gasteiger partial charge in [0.2, 0.25) is 0 Å². The van der Waals surface area contributed by atoms with Crippen molar-refractivity contribution in [1.29, 1.82) is 0 Å². The van der Waals surface area contributed by atoms with Crippen molar-refractivity contribution in [3.05, 3.63) is 70.1 Å². The van der Waals surface area contributed by atoms with Crippen LogP contribution >= 0.6 is 23.8 Å². The standard InChI is InChI=1S/C20H18ClFN2O2S/c1-2-9-24-19(25)17(23-20(24)27)11-13-7-8-18(15(21)10-13)26-12-14-5-3-4-6-16(14)22/h3-8,10-11H,2,9,12H2,1H3,(H,23,27)/b17-11-. The van der Waals surface area contributed by atoms with Gasteiger partial charge in [0.25, 0.3) is 5.91 Å². The van der Waals surface area contributed by atoms with Crippen molar-refractivity contribution >= 4 is 40.9 Å². The van der Waals surface area contributed by atoms with Crippen LogP contribution < -0.4 is 10.1 Å². The Labute approximate surface area is 167 Å². The van der Waals surface area contributed by atoms with Gasteiger partial charge in [0.15, 0.2) is 5.11 Å².